The van der Waals surface area contributed by atoms with Gasteiger partial charge in [0.25, 0.3) is 0 Å². The third-order valence-electron chi connectivity index (χ3n) is 1.66. The number of aldehydes is 1. The van der Waals surface area contributed by atoms with Crippen molar-refractivity contribution in [3.8, 4) is 6.07 Å². The summed E-state index contributed by atoms with van der Waals surface area (Å²) >= 11 is 5.88. The quantitative estimate of drug-likeness (QED) is 0.712. The molecule has 0 unspecified atom stereocenters. The van der Waals surface area contributed by atoms with Crippen LogP contribution in [0.3, 0.4) is 0 Å². The Bertz CT molecular complexity index is 404. The number of carbonyl (C=O) groups is 1. The van der Waals surface area contributed by atoms with E-state index < -0.39 is 0 Å². The monoisotopic (exact) mass is 205 g/mol. The van der Waals surface area contributed by atoms with E-state index in [1.165, 1.54) is 0 Å². The molecule has 0 amide bonds. The van der Waals surface area contributed by atoms with Crippen molar-refractivity contribution in [1.82, 2.24) is 0 Å². The summed E-state index contributed by atoms with van der Waals surface area (Å²) in [5.41, 5.74) is 1.33. The van der Waals surface area contributed by atoms with Crippen LogP contribution in [0.5, 0.6) is 0 Å². The van der Waals surface area contributed by atoms with E-state index in [1.54, 1.807) is 30.4 Å². The summed E-state index contributed by atoms with van der Waals surface area (Å²) in [7, 11) is 0. The minimum atomic E-state index is 0.335. The highest BCUT2D eigenvalue weighted by atomic mass is 35.5. The number of halogens is 1. The maximum Gasteiger partial charge on any atom is 0.150 e. The normalized spacial score (nSPS) is 10.0. The highest BCUT2D eigenvalue weighted by molar-refractivity contribution is 6.32. The van der Waals surface area contributed by atoms with Crippen LogP contribution in [0.25, 0.3) is 6.08 Å². The molecular formula is C11H8ClNO. The topological polar surface area (TPSA) is 40.9 Å². The molecular weight excluding hydrogens is 198 g/mol. The Morgan fingerprint density at radius 3 is 2.93 bits per heavy atom. The lowest BCUT2D eigenvalue weighted by Gasteiger charge is -1.98. The van der Waals surface area contributed by atoms with Crippen LogP contribution in [0.2, 0.25) is 5.02 Å². The van der Waals surface area contributed by atoms with Gasteiger partial charge in [0.2, 0.25) is 0 Å². The lowest BCUT2D eigenvalue weighted by atomic mass is 10.1. The van der Waals surface area contributed by atoms with Gasteiger partial charge in [-0.15, -0.1) is 0 Å². The molecule has 1 aromatic carbocycles. The second-order valence-electron chi connectivity index (χ2n) is 2.66. The zero-order valence-electron chi connectivity index (χ0n) is 7.40. The van der Waals surface area contributed by atoms with Crippen LogP contribution in [0.1, 0.15) is 22.3 Å². The van der Waals surface area contributed by atoms with Crippen LogP contribution >= 0.6 is 11.6 Å². The summed E-state index contributed by atoms with van der Waals surface area (Å²) in [6.07, 6.45) is 4.54. The smallest absolute Gasteiger partial charge is 0.150 e. The van der Waals surface area contributed by atoms with E-state index in [-0.39, 0.29) is 0 Å². The van der Waals surface area contributed by atoms with E-state index in [0.717, 1.165) is 11.8 Å². The van der Waals surface area contributed by atoms with Crippen molar-refractivity contribution >= 4 is 24.0 Å². The van der Waals surface area contributed by atoms with Crippen LogP contribution in [0.4, 0.5) is 0 Å². The first-order chi connectivity index (χ1) is 6.77. The number of allylic oxidation sites excluding steroid dienone is 1. The van der Waals surface area contributed by atoms with Gasteiger partial charge in [-0.1, -0.05) is 29.8 Å². The standard InChI is InChI=1S/C11H8ClNO/c12-11-5-4-9(8-14)7-10(11)3-1-2-6-13/h1,3-5,7-8H,2H2. The van der Waals surface area contributed by atoms with Gasteiger partial charge in [-0.05, 0) is 17.7 Å². The molecule has 0 radical (unpaired) electrons. The predicted octanol–water partition coefficient (Wildman–Crippen LogP) is 3.08. The summed E-state index contributed by atoms with van der Waals surface area (Å²) in [6, 6.07) is 6.98. The number of rotatable bonds is 3. The summed E-state index contributed by atoms with van der Waals surface area (Å²) in [4.78, 5) is 10.5. The number of nitriles is 1. The predicted molar refractivity (Wildman–Crippen MR) is 56.1 cm³/mol. The highest BCUT2D eigenvalue weighted by Gasteiger charge is 1.97. The Morgan fingerprint density at radius 2 is 2.29 bits per heavy atom. The number of hydrogen-bond donors (Lipinski definition) is 0. The molecule has 0 saturated heterocycles. The SMILES string of the molecule is N#CCC=Cc1cc(C=O)ccc1Cl. The first-order valence-corrected chi connectivity index (χ1v) is 4.44. The molecule has 0 aliphatic carbocycles. The third kappa shape index (κ3) is 2.72. The first kappa shape index (κ1) is 10.5. The van der Waals surface area contributed by atoms with Gasteiger partial charge in [0.05, 0.1) is 12.5 Å². The van der Waals surface area contributed by atoms with E-state index in [2.05, 4.69) is 0 Å². The number of hydrogen-bond acceptors (Lipinski definition) is 2. The van der Waals surface area contributed by atoms with E-state index in [0.29, 0.717) is 17.0 Å². The fourth-order valence-corrected chi connectivity index (χ4v) is 1.18. The number of benzene rings is 1. The van der Waals surface area contributed by atoms with E-state index in [4.69, 9.17) is 16.9 Å². The molecule has 0 fully saturated rings. The van der Waals surface area contributed by atoms with Gasteiger partial charge in [0.1, 0.15) is 6.29 Å². The molecule has 0 spiro atoms. The molecule has 0 aromatic heterocycles. The van der Waals surface area contributed by atoms with Crippen molar-refractivity contribution in [2.24, 2.45) is 0 Å². The second kappa shape index (κ2) is 5.21. The van der Waals surface area contributed by atoms with Crippen LogP contribution in [-0.2, 0) is 0 Å². The molecule has 1 rings (SSSR count). The van der Waals surface area contributed by atoms with Crippen LogP contribution in [-0.4, -0.2) is 6.29 Å². The van der Waals surface area contributed by atoms with Gasteiger partial charge in [-0.2, -0.15) is 5.26 Å². The Morgan fingerprint density at radius 1 is 1.50 bits per heavy atom. The van der Waals surface area contributed by atoms with Crippen molar-refractivity contribution < 1.29 is 4.79 Å². The molecule has 1 aromatic rings. The van der Waals surface area contributed by atoms with Crippen LogP contribution in [0, 0.1) is 11.3 Å². The molecule has 0 aliphatic rings. The first-order valence-electron chi connectivity index (χ1n) is 4.06. The Kier molecular flexibility index (Phi) is 3.90. The molecule has 0 atom stereocenters. The zero-order valence-corrected chi connectivity index (χ0v) is 8.16. The maximum atomic E-state index is 10.5. The number of carbonyl (C=O) groups excluding carboxylic acids is 1. The molecule has 0 bridgehead atoms. The molecule has 0 aliphatic heterocycles. The fraction of sp³-hybridized carbons (Fsp3) is 0.0909. The average molecular weight is 206 g/mol. The Hall–Kier alpha value is -1.59. The van der Waals surface area contributed by atoms with Crippen molar-refractivity contribution in [3.05, 3.63) is 40.4 Å². The summed E-state index contributed by atoms with van der Waals surface area (Å²) in [5, 5.41) is 8.90. The van der Waals surface area contributed by atoms with E-state index in [9.17, 15) is 4.79 Å². The largest absolute Gasteiger partial charge is 0.298 e. The molecule has 0 heterocycles. The van der Waals surface area contributed by atoms with Gasteiger partial charge in [0.15, 0.2) is 0 Å². The van der Waals surface area contributed by atoms with Gasteiger partial charge >= 0.3 is 0 Å². The van der Waals surface area contributed by atoms with Crippen LogP contribution in [0.15, 0.2) is 24.3 Å². The van der Waals surface area contributed by atoms with Crippen molar-refractivity contribution in [2.75, 3.05) is 0 Å². The Labute approximate surface area is 87.4 Å². The summed E-state index contributed by atoms with van der Waals surface area (Å²) < 4.78 is 0. The zero-order chi connectivity index (χ0) is 10.4. The second-order valence-corrected chi connectivity index (χ2v) is 3.07. The van der Waals surface area contributed by atoms with Crippen molar-refractivity contribution in [1.29, 1.82) is 5.26 Å². The van der Waals surface area contributed by atoms with Gasteiger partial charge < -0.3 is 0 Å². The summed E-state index contributed by atoms with van der Waals surface area (Å²) in [6.45, 7) is 0. The van der Waals surface area contributed by atoms with Gasteiger partial charge in [0, 0.05) is 10.6 Å². The molecule has 0 saturated carbocycles. The van der Waals surface area contributed by atoms with E-state index >= 15 is 0 Å². The average Bonchev–Trinajstić information content (AvgIpc) is 2.21. The van der Waals surface area contributed by atoms with Gasteiger partial charge in [-0.25, -0.2) is 0 Å². The molecule has 70 valence electrons. The Balaban J connectivity index is 2.95. The number of nitrogens with zero attached hydrogens (tertiary/aromatic N) is 1. The van der Waals surface area contributed by atoms with Crippen molar-refractivity contribution in [2.45, 2.75) is 6.42 Å². The minimum Gasteiger partial charge on any atom is -0.298 e. The summed E-state index contributed by atoms with van der Waals surface area (Å²) in [5.74, 6) is 0. The lowest BCUT2D eigenvalue weighted by Crippen LogP contribution is -1.82. The third-order valence-corrected chi connectivity index (χ3v) is 2.01. The molecule has 2 nitrogen and oxygen atoms in total. The highest BCUT2D eigenvalue weighted by Crippen LogP contribution is 2.18. The van der Waals surface area contributed by atoms with Gasteiger partial charge in [-0.3, -0.25) is 4.79 Å². The van der Waals surface area contributed by atoms with E-state index in [1.807, 2.05) is 6.07 Å². The lowest BCUT2D eigenvalue weighted by molar-refractivity contribution is 0.112. The molecule has 0 N–H and O–H groups in total. The van der Waals surface area contributed by atoms with Crippen LogP contribution < -0.4 is 0 Å². The molecule has 3 heteroatoms. The maximum absolute atomic E-state index is 10.5. The van der Waals surface area contributed by atoms with Crippen molar-refractivity contribution in [3.63, 3.8) is 0 Å². The minimum absolute atomic E-state index is 0.335. The molecule has 14 heavy (non-hydrogen) atoms. The fourth-order valence-electron chi connectivity index (χ4n) is 1.00.